The number of hydrogen-bond donors (Lipinski definition) is 1. The number of fused-ring (bicyclic) bond motifs is 1. The number of nitrogens with one attached hydrogen (secondary N) is 1. The van der Waals surface area contributed by atoms with Crippen molar-refractivity contribution in [2.24, 2.45) is 0 Å². The molecule has 2 aromatic heterocycles. The first-order valence-corrected chi connectivity index (χ1v) is 6.78. The number of morpholine rings is 1. The fourth-order valence-corrected chi connectivity index (χ4v) is 2.32. The molecule has 0 spiro atoms. The molecule has 0 amide bonds. The maximum absolute atomic E-state index is 12.2. The van der Waals surface area contributed by atoms with Gasteiger partial charge in [0.2, 0.25) is 5.95 Å². The SMILES string of the molecule is CC(C)(C)n1ncc2c(=O)[nH]c(N3CCOCC3)nc21. The summed E-state index contributed by atoms with van der Waals surface area (Å²) in [5, 5.41) is 4.83. The van der Waals surface area contributed by atoms with Crippen LogP contribution in [-0.4, -0.2) is 46.1 Å². The van der Waals surface area contributed by atoms with Crippen molar-refractivity contribution in [3.63, 3.8) is 0 Å². The molecule has 1 aliphatic heterocycles. The second kappa shape index (κ2) is 4.59. The second-order valence-electron chi connectivity index (χ2n) is 5.95. The molecule has 0 atom stereocenters. The van der Waals surface area contributed by atoms with Crippen LogP contribution in [0.1, 0.15) is 20.8 Å². The Morgan fingerprint density at radius 2 is 2.00 bits per heavy atom. The first-order chi connectivity index (χ1) is 9.47. The van der Waals surface area contributed by atoms with E-state index in [4.69, 9.17) is 4.74 Å². The fraction of sp³-hybridized carbons (Fsp3) is 0.615. The van der Waals surface area contributed by atoms with E-state index in [2.05, 4.69) is 15.1 Å². The van der Waals surface area contributed by atoms with Crippen LogP contribution in [0.5, 0.6) is 0 Å². The Morgan fingerprint density at radius 3 is 2.65 bits per heavy atom. The number of aromatic amines is 1. The molecule has 0 aromatic carbocycles. The number of aromatic nitrogens is 4. The molecular formula is C13H19N5O2. The van der Waals surface area contributed by atoms with Crippen LogP contribution in [0.25, 0.3) is 11.0 Å². The zero-order valence-corrected chi connectivity index (χ0v) is 12.0. The van der Waals surface area contributed by atoms with Crippen LogP contribution in [0, 0.1) is 0 Å². The molecule has 1 aliphatic rings. The van der Waals surface area contributed by atoms with Crippen molar-refractivity contribution in [2.45, 2.75) is 26.3 Å². The minimum absolute atomic E-state index is 0.146. The molecular weight excluding hydrogens is 258 g/mol. The molecule has 3 heterocycles. The fourth-order valence-electron chi connectivity index (χ4n) is 2.32. The van der Waals surface area contributed by atoms with Gasteiger partial charge < -0.3 is 9.64 Å². The summed E-state index contributed by atoms with van der Waals surface area (Å²) in [5.41, 5.74) is 0.264. The molecule has 7 heteroatoms. The van der Waals surface area contributed by atoms with E-state index in [1.807, 2.05) is 25.7 Å². The molecule has 0 radical (unpaired) electrons. The maximum Gasteiger partial charge on any atom is 0.263 e. The quantitative estimate of drug-likeness (QED) is 0.831. The highest BCUT2D eigenvalue weighted by atomic mass is 16.5. The molecule has 1 saturated heterocycles. The number of rotatable bonds is 1. The van der Waals surface area contributed by atoms with Gasteiger partial charge in [0.25, 0.3) is 5.56 Å². The van der Waals surface area contributed by atoms with Crippen molar-refractivity contribution >= 4 is 17.0 Å². The number of nitrogens with zero attached hydrogens (tertiary/aromatic N) is 4. The highest BCUT2D eigenvalue weighted by Crippen LogP contribution is 2.19. The summed E-state index contributed by atoms with van der Waals surface area (Å²) in [6.07, 6.45) is 1.58. The van der Waals surface area contributed by atoms with Crippen molar-refractivity contribution in [3.05, 3.63) is 16.6 Å². The lowest BCUT2D eigenvalue weighted by Crippen LogP contribution is -2.38. The van der Waals surface area contributed by atoms with Crippen molar-refractivity contribution in [3.8, 4) is 0 Å². The summed E-state index contributed by atoms with van der Waals surface area (Å²) >= 11 is 0. The van der Waals surface area contributed by atoms with E-state index in [1.54, 1.807) is 10.9 Å². The van der Waals surface area contributed by atoms with Crippen LogP contribution in [0.2, 0.25) is 0 Å². The summed E-state index contributed by atoms with van der Waals surface area (Å²) in [6, 6.07) is 0. The van der Waals surface area contributed by atoms with Crippen molar-refractivity contribution in [2.75, 3.05) is 31.2 Å². The highest BCUT2D eigenvalue weighted by molar-refractivity contribution is 5.74. The molecule has 108 valence electrons. The largest absolute Gasteiger partial charge is 0.378 e. The molecule has 3 rings (SSSR count). The van der Waals surface area contributed by atoms with Gasteiger partial charge in [-0.05, 0) is 20.8 Å². The minimum atomic E-state index is -0.217. The predicted octanol–water partition coefficient (Wildman–Crippen LogP) is 0.711. The van der Waals surface area contributed by atoms with Crippen LogP contribution >= 0.6 is 0 Å². The number of H-pyrrole nitrogens is 1. The topological polar surface area (TPSA) is 76.0 Å². The van der Waals surface area contributed by atoms with E-state index in [0.29, 0.717) is 30.2 Å². The lowest BCUT2D eigenvalue weighted by Gasteiger charge is -2.27. The van der Waals surface area contributed by atoms with Gasteiger partial charge in [0, 0.05) is 13.1 Å². The number of anilines is 1. The average Bonchev–Trinajstić information content (AvgIpc) is 2.84. The van der Waals surface area contributed by atoms with Gasteiger partial charge in [-0.25, -0.2) is 4.68 Å². The van der Waals surface area contributed by atoms with Crippen molar-refractivity contribution < 1.29 is 4.74 Å². The molecule has 0 unspecified atom stereocenters. The summed E-state index contributed by atoms with van der Waals surface area (Å²) < 4.78 is 7.12. The Labute approximate surface area is 116 Å². The third-order valence-electron chi connectivity index (χ3n) is 3.37. The lowest BCUT2D eigenvalue weighted by atomic mass is 10.1. The Kier molecular flexibility index (Phi) is 3.01. The Morgan fingerprint density at radius 1 is 1.30 bits per heavy atom. The van der Waals surface area contributed by atoms with Crippen LogP contribution in [-0.2, 0) is 10.3 Å². The first kappa shape index (κ1) is 13.1. The van der Waals surface area contributed by atoms with Crippen LogP contribution in [0.15, 0.2) is 11.0 Å². The van der Waals surface area contributed by atoms with E-state index in [0.717, 1.165) is 13.1 Å². The number of hydrogen-bond acceptors (Lipinski definition) is 5. The zero-order chi connectivity index (χ0) is 14.3. The van der Waals surface area contributed by atoms with Crippen LogP contribution < -0.4 is 10.5 Å². The molecule has 0 bridgehead atoms. The Bertz CT molecular complexity index is 676. The predicted molar refractivity (Wildman–Crippen MR) is 76.2 cm³/mol. The van der Waals surface area contributed by atoms with Crippen LogP contribution in [0.3, 0.4) is 0 Å². The zero-order valence-electron chi connectivity index (χ0n) is 12.0. The second-order valence-corrected chi connectivity index (χ2v) is 5.95. The third-order valence-corrected chi connectivity index (χ3v) is 3.37. The summed E-state index contributed by atoms with van der Waals surface area (Å²) in [5.74, 6) is 0.594. The maximum atomic E-state index is 12.2. The van der Waals surface area contributed by atoms with Gasteiger partial charge in [-0.2, -0.15) is 10.1 Å². The normalized spacial score (nSPS) is 16.9. The average molecular weight is 277 g/mol. The molecule has 1 fully saturated rings. The molecule has 1 N–H and O–H groups in total. The molecule has 7 nitrogen and oxygen atoms in total. The third kappa shape index (κ3) is 2.18. The highest BCUT2D eigenvalue weighted by Gasteiger charge is 2.21. The molecule has 2 aromatic rings. The van der Waals surface area contributed by atoms with E-state index in [1.165, 1.54) is 0 Å². The van der Waals surface area contributed by atoms with Gasteiger partial charge in [0.15, 0.2) is 5.65 Å². The van der Waals surface area contributed by atoms with Gasteiger partial charge in [0.1, 0.15) is 5.39 Å². The van der Waals surface area contributed by atoms with Crippen LogP contribution in [0.4, 0.5) is 5.95 Å². The summed E-state index contributed by atoms with van der Waals surface area (Å²) in [7, 11) is 0. The van der Waals surface area contributed by atoms with Gasteiger partial charge in [-0.15, -0.1) is 0 Å². The van der Waals surface area contributed by atoms with E-state index in [-0.39, 0.29) is 11.1 Å². The molecule has 20 heavy (non-hydrogen) atoms. The van der Waals surface area contributed by atoms with E-state index in [9.17, 15) is 4.79 Å². The Balaban J connectivity index is 2.13. The van der Waals surface area contributed by atoms with Gasteiger partial charge in [0.05, 0.1) is 24.9 Å². The summed E-state index contributed by atoms with van der Waals surface area (Å²) in [4.78, 5) is 21.6. The van der Waals surface area contributed by atoms with Gasteiger partial charge in [-0.3, -0.25) is 9.78 Å². The summed E-state index contributed by atoms with van der Waals surface area (Å²) in [6.45, 7) is 8.89. The van der Waals surface area contributed by atoms with Crippen molar-refractivity contribution in [1.82, 2.24) is 19.7 Å². The van der Waals surface area contributed by atoms with Gasteiger partial charge in [-0.1, -0.05) is 0 Å². The number of ether oxygens (including phenoxy) is 1. The monoisotopic (exact) mass is 277 g/mol. The first-order valence-electron chi connectivity index (χ1n) is 6.78. The van der Waals surface area contributed by atoms with Gasteiger partial charge >= 0.3 is 0 Å². The minimum Gasteiger partial charge on any atom is -0.378 e. The smallest absolute Gasteiger partial charge is 0.263 e. The molecule has 0 saturated carbocycles. The molecule has 0 aliphatic carbocycles. The van der Waals surface area contributed by atoms with E-state index < -0.39 is 0 Å². The van der Waals surface area contributed by atoms with E-state index >= 15 is 0 Å². The van der Waals surface area contributed by atoms with Crippen molar-refractivity contribution in [1.29, 1.82) is 0 Å². The lowest BCUT2D eigenvalue weighted by molar-refractivity contribution is 0.122. The Hall–Kier alpha value is -1.89. The standard InChI is InChI=1S/C13H19N5O2/c1-13(2,3)18-10-9(8-14-18)11(19)16-12(15-10)17-4-6-20-7-5-17/h8H,4-7H2,1-3H3,(H,15,16,19).